The fraction of sp³-hybridized carbons (Fsp3) is 0.385. The average molecular weight is 320 g/mol. The number of hydrogen-bond acceptors (Lipinski definition) is 2. The zero-order valence-corrected chi connectivity index (χ0v) is 11.9. The van der Waals surface area contributed by atoms with E-state index in [0.29, 0.717) is 19.4 Å². The lowest BCUT2D eigenvalue weighted by atomic mass is 9.97. The molecule has 1 aliphatic rings. The highest BCUT2D eigenvalue weighted by molar-refractivity contribution is 6.36. The Bertz CT molecular complexity index is 565. The number of nitrogens with zero attached hydrogens (tertiary/aromatic N) is 1. The van der Waals surface area contributed by atoms with E-state index in [1.165, 1.54) is 11.0 Å². The van der Waals surface area contributed by atoms with Crippen molar-refractivity contribution in [2.24, 2.45) is 5.92 Å². The van der Waals surface area contributed by atoms with Crippen molar-refractivity contribution in [1.29, 1.82) is 0 Å². The second kappa shape index (κ2) is 5.97. The highest BCUT2D eigenvalue weighted by Gasteiger charge is 2.29. The number of likely N-dealkylation sites (tertiary alicyclic amines) is 1. The van der Waals surface area contributed by atoms with Crippen molar-refractivity contribution in [1.82, 2.24) is 4.90 Å². The molecule has 0 radical (unpaired) electrons. The molecule has 0 bridgehead atoms. The quantitative estimate of drug-likeness (QED) is 0.852. The molecule has 108 valence electrons. The number of benzene rings is 1. The maximum Gasteiger partial charge on any atom is 0.308 e. The molecular formula is C13H12Cl2FNO3. The van der Waals surface area contributed by atoms with Gasteiger partial charge in [0.1, 0.15) is 5.82 Å². The van der Waals surface area contributed by atoms with Crippen molar-refractivity contribution in [3.05, 3.63) is 33.6 Å². The summed E-state index contributed by atoms with van der Waals surface area (Å²) in [5.74, 6) is -2.73. The predicted octanol–water partition coefficient (Wildman–Crippen LogP) is 3.07. The summed E-state index contributed by atoms with van der Waals surface area (Å²) in [6.07, 6.45) is 1.12. The molecule has 1 heterocycles. The Kier molecular flexibility index (Phi) is 4.50. The number of carbonyl (C=O) groups is 2. The fourth-order valence-electron chi connectivity index (χ4n) is 2.22. The van der Waals surface area contributed by atoms with E-state index in [4.69, 9.17) is 28.3 Å². The molecule has 2 rings (SSSR count). The molecule has 0 spiro atoms. The molecule has 1 aromatic carbocycles. The van der Waals surface area contributed by atoms with Crippen LogP contribution in [-0.4, -0.2) is 35.0 Å². The molecule has 1 saturated heterocycles. The molecule has 1 N–H and O–H groups in total. The molecule has 0 saturated carbocycles. The van der Waals surface area contributed by atoms with Crippen LogP contribution < -0.4 is 0 Å². The zero-order chi connectivity index (χ0) is 14.9. The third kappa shape index (κ3) is 3.04. The largest absolute Gasteiger partial charge is 0.481 e. The van der Waals surface area contributed by atoms with Gasteiger partial charge in [0, 0.05) is 13.1 Å². The van der Waals surface area contributed by atoms with Gasteiger partial charge in [-0.05, 0) is 25.0 Å². The van der Waals surface area contributed by atoms with Crippen molar-refractivity contribution >= 4 is 35.1 Å². The smallest absolute Gasteiger partial charge is 0.308 e. The van der Waals surface area contributed by atoms with E-state index >= 15 is 0 Å². The maximum absolute atomic E-state index is 13.4. The molecule has 7 heteroatoms. The number of aliphatic carboxylic acids is 1. The average Bonchev–Trinajstić information content (AvgIpc) is 2.42. The number of carbonyl (C=O) groups excluding carboxylic acids is 1. The lowest BCUT2D eigenvalue weighted by Gasteiger charge is -2.31. The summed E-state index contributed by atoms with van der Waals surface area (Å²) in [4.78, 5) is 24.7. The number of hydrogen-bond donors (Lipinski definition) is 1. The molecule has 0 aromatic heterocycles. The van der Waals surface area contributed by atoms with Gasteiger partial charge >= 0.3 is 5.97 Å². The molecule has 20 heavy (non-hydrogen) atoms. The van der Waals surface area contributed by atoms with Crippen LogP contribution in [0.25, 0.3) is 0 Å². The Hall–Kier alpha value is -1.33. The number of carboxylic acids is 1. The van der Waals surface area contributed by atoms with Gasteiger partial charge in [-0.25, -0.2) is 4.39 Å². The van der Waals surface area contributed by atoms with Crippen LogP contribution in [0.15, 0.2) is 12.1 Å². The van der Waals surface area contributed by atoms with Crippen LogP contribution in [0.4, 0.5) is 4.39 Å². The zero-order valence-electron chi connectivity index (χ0n) is 10.4. The Morgan fingerprint density at radius 2 is 2.00 bits per heavy atom. The van der Waals surface area contributed by atoms with Gasteiger partial charge in [0.15, 0.2) is 0 Å². The molecule has 0 aliphatic carbocycles. The number of carboxylic acid groups (broad SMARTS) is 1. The molecule has 4 nitrogen and oxygen atoms in total. The monoisotopic (exact) mass is 319 g/mol. The van der Waals surface area contributed by atoms with Crippen LogP contribution in [0.2, 0.25) is 10.0 Å². The second-order valence-corrected chi connectivity index (χ2v) is 5.49. The van der Waals surface area contributed by atoms with Crippen LogP contribution in [0, 0.1) is 11.7 Å². The highest BCUT2D eigenvalue weighted by atomic mass is 35.5. The van der Waals surface area contributed by atoms with Gasteiger partial charge in [0.2, 0.25) is 0 Å². The third-order valence-corrected chi connectivity index (χ3v) is 3.90. The van der Waals surface area contributed by atoms with Gasteiger partial charge < -0.3 is 10.0 Å². The third-order valence-electron chi connectivity index (χ3n) is 3.30. The van der Waals surface area contributed by atoms with E-state index in [1.54, 1.807) is 0 Å². The predicted molar refractivity (Wildman–Crippen MR) is 72.7 cm³/mol. The van der Waals surface area contributed by atoms with Crippen LogP contribution in [-0.2, 0) is 4.79 Å². The normalized spacial score (nSPS) is 18.9. The number of amides is 1. The van der Waals surface area contributed by atoms with Crippen molar-refractivity contribution in [2.45, 2.75) is 12.8 Å². The van der Waals surface area contributed by atoms with Gasteiger partial charge in [-0.15, -0.1) is 0 Å². The number of rotatable bonds is 2. The second-order valence-electron chi connectivity index (χ2n) is 4.67. The first-order valence-electron chi connectivity index (χ1n) is 6.06. The first-order chi connectivity index (χ1) is 9.40. The van der Waals surface area contributed by atoms with Gasteiger partial charge in [-0.2, -0.15) is 0 Å². The van der Waals surface area contributed by atoms with Gasteiger partial charge in [0.25, 0.3) is 5.91 Å². The van der Waals surface area contributed by atoms with Crippen LogP contribution in [0.1, 0.15) is 23.2 Å². The summed E-state index contributed by atoms with van der Waals surface area (Å²) in [6.45, 7) is 0.540. The van der Waals surface area contributed by atoms with Crippen LogP contribution in [0.5, 0.6) is 0 Å². The Labute approximate surface area is 125 Å². The SMILES string of the molecule is O=C(O)C1CCCN(C(=O)c2cc(F)c(Cl)cc2Cl)C1. The standard InChI is InChI=1S/C13H12Cl2FNO3/c14-9-5-10(15)11(16)4-8(9)12(18)17-3-1-2-7(6-17)13(19)20/h4-5,7H,1-3,6H2,(H,19,20). The number of halogens is 3. The van der Waals surface area contributed by atoms with E-state index < -0.39 is 23.6 Å². The van der Waals surface area contributed by atoms with Crippen molar-refractivity contribution in [3.8, 4) is 0 Å². The molecule has 1 fully saturated rings. The maximum atomic E-state index is 13.4. The molecule has 1 amide bonds. The van der Waals surface area contributed by atoms with E-state index in [9.17, 15) is 14.0 Å². The van der Waals surface area contributed by atoms with E-state index in [1.807, 2.05) is 0 Å². The minimum absolute atomic E-state index is 0.000365. The lowest BCUT2D eigenvalue weighted by molar-refractivity contribution is -0.143. The number of piperidine rings is 1. The highest BCUT2D eigenvalue weighted by Crippen LogP contribution is 2.27. The van der Waals surface area contributed by atoms with E-state index in [0.717, 1.165) is 6.07 Å². The summed E-state index contributed by atoms with van der Waals surface area (Å²) in [6, 6.07) is 2.15. The van der Waals surface area contributed by atoms with Crippen molar-refractivity contribution < 1.29 is 19.1 Å². The Balaban J connectivity index is 2.23. The Morgan fingerprint density at radius 1 is 1.30 bits per heavy atom. The molecule has 1 aromatic rings. The van der Waals surface area contributed by atoms with E-state index in [-0.39, 0.29) is 22.2 Å². The summed E-state index contributed by atoms with van der Waals surface area (Å²) >= 11 is 11.5. The van der Waals surface area contributed by atoms with E-state index in [2.05, 4.69) is 0 Å². The van der Waals surface area contributed by atoms with Crippen molar-refractivity contribution in [2.75, 3.05) is 13.1 Å². The first kappa shape index (κ1) is 15.1. The van der Waals surface area contributed by atoms with Crippen molar-refractivity contribution in [3.63, 3.8) is 0 Å². The van der Waals surface area contributed by atoms with Gasteiger partial charge in [-0.1, -0.05) is 23.2 Å². The minimum atomic E-state index is -0.934. The van der Waals surface area contributed by atoms with Gasteiger partial charge in [-0.3, -0.25) is 9.59 Å². The summed E-state index contributed by atoms with van der Waals surface area (Å²) in [5.41, 5.74) is -0.000365. The summed E-state index contributed by atoms with van der Waals surface area (Å²) in [5, 5.41) is 8.90. The summed E-state index contributed by atoms with van der Waals surface area (Å²) in [7, 11) is 0. The first-order valence-corrected chi connectivity index (χ1v) is 6.82. The molecular weight excluding hydrogens is 308 g/mol. The molecule has 1 unspecified atom stereocenters. The van der Waals surface area contributed by atoms with Gasteiger partial charge in [0.05, 0.1) is 21.5 Å². The minimum Gasteiger partial charge on any atom is -0.481 e. The van der Waals surface area contributed by atoms with Crippen LogP contribution in [0.3, 0.4) is 0 Å². The molecule has 1 atom stereocenters. The lowest BCUT2D eigenvalue weighted by Crippen LogP contribution is -2.42. The van der Waals surface area contributed by atoms with Crippen LogP contribution >= 0.6 is 23.2 Å². The fourth-order valence-corrected chi connectivity index (χ4v) is 2.68. The Morgan fingerprint density at radius 3 is 2.65 bits per heavy atom. The summed E-state index contributed by atoms with van der Waals surface area (Å²) < 4.78 is 13.4. The topological polar surface area (TPSA) is 57.6 Å². The molecule has 1 aliphatic heterocycles.